The van der Waals surface area contributed by atoms with Gasteiger partial charge < -0.3 is 5.32 Å². The van der Waals surface area contributed by atoms with Crippen molar-refractivity contribution in [3.63, 3.8) is 0 Å². The fourth-order valence-electron chi connectivity index (χ4n) is 2.93. The molecule has 0 aliphatic carbocycles. The molecular weight excluding hydrogens is 208 g/mol. The molecule has 0 bridgehead atoms. The van der Waals surface area contributed by atoms with Crippen LogP contribution in [-0.4, -0.2) is 36.6 Å². The Morgan fingerprint density at radius 3 is 2.65 bits per heavy atom. The smallest absolute Gasteiger partial charge is 0.0220 e. The first kappa shape index (κ1) is 15.0. The Labute approximate surface area is 108 Å². The quantitative estimate of drug-likeness (QED) is 0.766. The Bertz CT molecular complexity index is 193. The number of hydrogen-bond donors (Lipinski definition) is 1. The van der Waals surface area contributed by atoms with Gasteiger partial charge in [-0.3, -0.25) is 4.90 Å². The molecule has 1 fully saturated rings. The summed E-state index contributed by atoms with van der Waals surface area (Å²) in [5, 5.41) is 3.71. The zero-order chi connectivity index (χ0) is 12.7. The molecule has 1 N–H and O–H groups in total. The van der Waals surface area contributed by atoms with Gasteiger partial charge in [0.1, 0.15) is 0 Å². The van der Waals surface area contributed by atoms with Crippen LogP contribution in [-0.2, 0) is 0 Å². The number of nitrogens with zero attached hydrogens (tertiary/aromatic N) is 1. The second-order valence-electron chi connectivity index (χ2n) is 5.78. The first-order valence-corrected chi connectivity index (χ1v) is 7.66. The van der Waals surface area contributed by atoms with E-state index >= 15 is 0 Å². The lowest BCUT2D eigenvalue weighted by atomic mass is 10.0. The van der Waals surface area contributed by atoms with Gasteiger partial charge in [0, 0.05) is 12.1 Å². The maximum atomic E-state index is 3.71. The zero-order valence-electron chi connectivity index (χ0n) is 12.3. The molecule has 0 saturated carbocycles. The van der Waals surface area contributed by atoms with E-state index in [0.29, 0.717) is 12.1 Å². The third kappa shape index (κ3) is 4.97. The lowest BCUT2D eigenvalue weighted by Crippen LogP contribution is -2.48. The summed E-state index contributed by atoms with van der Waals surface area (Å²) in [6, 6.07) is 1.36. The van der Waals surface area contributed by atoms with E-state index in [2.05, 4.69) is 37.9 Å². The maximum absolute atomic E-state index is 3.71. The predicted molar refractivity (Wildman–Crippen MR) is 76.4 cm³/mol. The van der Waals surface area contributed by atoms with Crippen LogP contribution in [0.1, 0.15) is 59.8 Å². The van der Waals surface area contributed by atoms with Crippen LogP contribution in [0.3, 0.4) is 0 Å². The van der Waals surface area contributed by atoms with Crippen LogP contribution in [0, 0.1) is 5.92 Å². The van der Waals surface area contributed by atoms with Crippen molar-refractivity contribution < 1.29 is 0 Å². The zero-order valence-corrected chi connectivity index (χ0v) is 12.3. The molecule has 0 radical (unpaired) electrons. The van der Waals surface area contributed by atoms with Gasteiger partial charge in [-0.05, 0) is 64.6 Å². The molecule has 0 spiro atoms. The van der Waals surface area contributed by atoms with E-state index in [1.165, 1.54) is 45.2 Å². The van der Waals surface area contributed by atoms with E-state index in [1.807, 2.05) is 0 Å². The Hall–Kier alpha value is -0.0800. The molecule has 0 aromatic rings. The van der Waals surface area contributed by atoms with Crippen molar-refractivity contribution in [2.75, 3.05) is 19.6 Å². The van der Waals surface area contributed by atoms with Gasteiger partial charge in [-0.1, -0.05) is 20.8 Å². The Morgan fingerprint density at radius 1 is 1.24 bits per heavy atom. The molecule has 1 saturated heterocycles. The summed E-state index contributed by atoms with van der Waals surface area (Å²) in [6.07, 6.45) is 6.67. The molecule has 0 aromatic heterocycles. The summed E-state index contributed by atoms with van der Waals surface area (Å²) < 4.78 is 0. The van der Waals surface area contributed by atoms with Gasteiger partial charge in [0.2, 0.25) is 0 Å². The predicted octanol–water partition coefficient (Wildman–Crippen LogP) is 3.28. The molecule has 2 nitrogen and oxygen atoms in total. The summed E-state index contributed by atoms with van der Waals surface area (Å²) in [5.74, 6) is 0.927. The van der Waals surface area contributed by atoms with Crippen LogP contribution in [0.2, 0.25) is 0 Å². The summed E-state index contributed by atoms with van der Waals surface area (Å²) in [6.45, 7) is 13.1. The van der Waals surface area contributed by atoms with E-state index in [-0.39, 0.29) is 0 Å². The van der Waals surface area contributed by atoms with Crippen molar-refractivity contribution in [2.24, 2.45) is 5.92 Å². The van der Waals surface area contributed by atoms with Gasteiger partial charge in [0.05, 0.1) is 0 Å². The molecule has 3 atom stereocenters. The topological polar surface area (TPSA) is 15.3 Å². The first-order chi connectivity index (χ1) is 8.19. The molecular formula is C15H32N2. The van der Waals surface area contributed by atoms with E-state index in [4.69, 9.17) is 0 Å². The van der Waals surface area contributed by atoms with E-state index in [0.717, 1.165) is 12.5 Å². The van der Waals surface area contributed by atoms with Crippen molar-refractivity contribution >= 4 is 0 Å². The number of likely N-dealkylation sites (tertiary alicyclic amines) is 1. The fourth-order valence-corrected chi connectivity index (χ4v) is 2.93. The minimum atomic E-state index is 0.670. The highest BCUT2D eigenvalue weighted by Crippen LogP contribution is 2.19. The summed E-state index contributed by atoms with van der Waals surface area (Å²) in [5.41, 5.74) is 0. The largest absolute Gasteiger partial charge is 0.312 e. The summed E-state index contributed by atoms with van der Waals surface area (Å²) in [4.78, 5) is 2.71. The third-order valence-corrected chi connectivity index (χ3v) is 4.31. The SMILES string of the molecule is CCCNC(CC)C(C)N1CCCC(C)CC1. The standard InChI is InChI=1S/C15H32N2/c1-5-10-16-15(6-2)14(4)17-11-7-8-13(3)9-12-17/h13-16H,5-12H2,1-4H3. The first-order valence-electron chi connectivity index (χ1n) is 7.66. The van der Waals surface area contributed by atoms with Crippen molar-refractivity contribution in [2.45, 2.75) is 71.9 Å². The van der Waals surface area contributed by atoms with Gasteiger partial charge in [-0.25, -0.2) is 0 Å². The van der Waals surface area contributed by atoms with Crippen molar-refractivity contribution in [1.29, 1.82) is 0 Å². The molecule has 1 heterocycles. The number of nitrogens with one attached hydrogen (secondary N) is 1. The average Bonchev–Trinajstić information content (AvgIpc) is 2.55. The highest BCUT2D eigenvalue weighted by Gasteiger charge is 2.23. The maximum Gasteiger partial charge on any atom is 0.0220 e. The minimum Gasteiger partial charge on any atom is -0.312 e. The van der Waals surface area contributed by atoms with E-state index in [9.17, 15) is 0 Å². The highest BCUT2D eigenvalue weighted by atomic mass is 15.2. The van der Waals surface area contributed by atoms with Crippen LogP contribution in [0.15, 0.2) is 0 Å². The lowest BCUT2D eigenvalue weighted by Gasteiger charge is -2.34. The third-order valence-electron chi connectivity index (χ3n) is 4.31. The van der Waals surface area contributed by atoms with E-state index < -0.39 is 0 Å². The summed E-state index contributed by atoms with van der Waals surface area (Å²) in [7, 11) is 0. The van der Waals surface area contributed by atoms with Crippen LogP contribution >= 0.6 is 0 Å². The molecule has 1 aliphatic heterocycles. The van der Waals surface area contributed by atoms with Gasteiger partial charge in [0.25, 0.3) is 0 Å². The monoisotopic (exact) mass is 240 g/mol. The van der Waals surface area contributed by atoms with Gasteiger partial charge in [-0.2, -0.15) is 0 Å². The van der Waals surface area contributed by atoms with Gasteiger partial charge >= 0.3 is 0 Å². The van der Waals surface area contributed by atoms with Crippen molar-refractivity contribution in [1.82, 2.24) is 10.2 Å². The molecule has 2 heteroatoms. The molecule has 102 valence electrons. The molecule has 0 aromatic carbocycles. The van der Waals surface area contributed by atoms with Crippen LogP contribution in [0.5, 0.6) is 0 Å². The number of rotatable bonds is 6. The second-order valence-corrected chi connectivity index (χ2v) is 5.78. The normalized spacial score (nSPS) is 26.5. The fraction of sp³-hybridized carbons (Fsp3) is 1.00. The average molecular weight is 240 g/mol. The lowest BCUT2D eigenvalue weighted by molar-refractivity contribution is 0.170. The Kier molecular flexibility index (Phi) is 7.14. The second kappa shape index (κ2) is 8.10. The Balaban J connectivity index is 2.44. The van der Waals surface area contributed by atoms with Gasteiger partial charge in [-0.15, -0.1) is 0 Å². The van der Waals surface area contributed by atoms with Crippen LogP contribution < -0.4 is 5.32 Å². The molecule has 17 heavy (non-hydrogen) atoms. The molecule has 1 aliphatic rings. The molecule has 3 unspecified atom stereocenters. The van der Waals surface area contributed by atoms with Crippen LogP contribution in [0.25, 0.3) is 0 Å². The highest BCUT2D eigenvalue weighted by molar-refractivity contribution is 4.82. The summed E-state index contributed by atoms with van der Waals surface area (Å²) >= 11 is 0. The Morgan fingerprint density at radius 2 is 2.00 bits per heavy atom. The van der Waals surface area contributed by atoms with Crippen molar-refractivity contribution in [3.8, 4) is 0 Å². The van der Waals surface area contributed by atoms with E-state index in [1.54, 1.807) is 0 Å². The molecule has 1 rings (SSSR count). The van der Waals surface area contributed by atoms with Gasteiger partial charge in [0.15, 0.2) is 0 Å². The molecule has 0 amide bonds. The minimum absolute atomic E-state index is 0.670. The van der Waals surface area contributed by atoms with Crippen molar-refractivity contribution in [3.05, 3.63) is 0 Å². The van der Waals surface area contributed by atoms with Crippen LogP contribution in [0.4, 0.5) is 0 Å². The number of hydrogen-bond acceptors (Lipinski definition) is 2.